The van der Waals surface area contributed by atoms with E-state index in [1.165, 1.54) is 23.1 Å². The number of hydrogen-bond donors (Lipinski definition) is 1. The molecular weight excluding hydrogens is 332 g/mol. The van der Waals surface area contributed by atoms with Crippen LogP contribution in [0.5, 0.6) is 0 Å². The molecule has 2 aliphatic rings. The maximum absolute atomic E-state index is 12.3. The molecule has 1 atom stereocenters. The number of nitrogens with zero attached hydrogens (tertiary/aromatic N) is 1. The van der Waals surface area contributed by atoms with Crippen molar-refractivity contribution in [1.29, 1.82) is 0 Å². The predicted octanol–water partition coefficient (Wildman–Crippen LogP) is 5.52. The second-order valence-corrected chi connectivity index (χ2v) is 8.39. The van der Waals surface area contributed by atoms with Gasteiger partial charge in [-0.3, -0.25) is 0 Å². The average Bonchev–Trinajstić information content (AvgIpc) is 2.87. The van der Waals surface area contributed by atoms with Gasteiger partial charge in [0.15, 0.2) is 0 Å². The van der Waals surface area contributed by atoms with Crippen molar-refractivity contribution in [1.82, 2.24) is 10.2 Å². The quantitative estimate of drug-likeness (QED) is 0.749. The summed E-state index contributed by atoms with van der Waals surface area (Å²) in [5.41, 5.74) is 3.81. The molecule has 1 fully saturated rings. The third-order valence-corrected chi connectivity index (χ3v) is 5.51. The molecule has 1 N–H and O–H groups in total. The Morgan fingerprint density at radius 1 is 1.11 bits per heavy atom. The fourth-order valence-electron chi connectivity index (χ4n) is 3.58. The van der Waals surface area contributed by atoms with Crippen LogP contribution in [0.2, 0.25) is 0 Å². The molecule has 1 unspecified atom stereocenters. The summed E-state index contributed by atoms with van der Waals surface area (Å²) in [6, 6.07) is 8.81. The minimum atomic E-state index is 0.0846. The summed E-state index contributed by atoms with van der Waals surface area (Å²) in [4.78, 5) is 14.2. The minimum absolute atomic E-state index is 0.0846. The molecule has 1 heterocycles. The topological polar surface area (TPSA) is 32.3 Å². The number of urea groups is 1. The summed E-state index contributed by atoms with van der Waals surface area (Å²) in [6.07, 6.45) is 14.5. The van der Waals surface area contributed by atoms with Crippen molar-refractivity contribution in [2.45, 2.75) is 46.0 Å². The Kier molecular flexibility index (Phi) is 6.20. The van der Waals surface area contributed by atoms with Gasteiger partial charge in [0.2, 0.25) is 0 Å². The van der Waals surface area contributed by atoms with Crippen molar-refractivity contribution in [3.63, 3.8) is 0 Å². The lowest BCUT2D eigenvalue weighted by molar-refractivity contribution is 0.186. The van der Waals surface area contributed by atoms with Crippen molar-refractivity contribution in [2.24, 2.45) is 5.41 Å². The summed E-state index contributed by atoms with van der Waals surface area (Å²) in [5.74, 6) is 0.297. The number of carbonyl (C=O) groups excluding carboxylic acids is 1. The van der Waals surface area contributed by atoms with Crippen LogP contribution in [0.1, 0.15) is 57.1 Å². The Balaban J connectivity index is 1.57. The van der Waals surface area contributed by atoms with Gasteiger partial charge >= 0.3 is 6.03 Å². The molecule has 0 saturated carbocycles. The molecule has 3 heteroatoms. The Morgan fingerprint density at radius 2 is 1.81 bits per heavy atom. The Bertz CT molecular complexity index is 734. The molecule has 0 radical (unpaired) electrons. The first-order chi connectivity index (χ1) is 12.9. The monoisotopic (exact) mass is 364 g/mol. The van der Waals surface area contributed by atoms with Gasteiger partial charge in [-0.25, -0.2) is 4.79 Å². The van der Waals surface area contributed by atoms with Crippen LogP contribution >= 0.6 is 0 Å². The number of amides is 2. The first kappa shape index (κ1) is 19.5. The van der Waals surface area contributed by atoms with Crippen molar-refractivity contribution >= 4 is 11.6 Å². The van der Waals surface area contributed by atoms with E-state index in [1.807, 2.05) is 4.90 Å². The molecule has 1 saturated heterocycles. The van der Waals surface area contributed by atoms with E-state index >= 15 is 0 Å². The van der Waals surface area contributed by atoms with Gasteiger partial charge in [-0.15, -0.1) is 0 Å². The second kappa shape index (κ2) is 8.60. The number of benzene rings is 1. The van der Waals surface area contributed by atoms with Gasteiger partial charge in [-0.2, -0.15) is 0 Å². The van der Waals surface area contributed by atoms with Crippen molar-refractivity contribution < 1.29 is 4.79 Å². The molecule has 1 aromatic carbocycles. The van der Waals surface area contributed by atoms with Gasteiger partial charge in [-0.1, -0.05) is 75.4 Å². The lowest BCUT2D eigenvalue weighted by atomic mass is 9.92. The van der Waals surface area contributed by atoms with Crippen LogP contribution in [0.15, 0.2) is 54.6 Å². The van der Waals surface area contributed by atoms with E-state index in [0.717, 1.165) is 25.9 Å². The van der Waals surface area contributed by atoms with E-state index in [-0.39, 0.29) is 11.4 Å². The molecule has 3 rings (SSSR count). The summed E-state index contributed by atoms with van der Waals surface area (Å²) < 4.78 is 0. The van der Waals surface area contributed by atoms with E-state index in [0.29, 0.717) is 12.5 Å². The van der Waals surface area contributed by atoms with E-state index < -0.39 is 0 Å². The molecule has 27 heavy (non-hydrogen) atoms. The third kappa shape index (κ3) is 5.35. The molecule has 3 nitrogen and oxygen atoms in total. The summed E-state index contributed by atoms with van der Waals surface area (Å²) in [7, 11) is 0. The van der Waals surface area contributed by atoms with Crippen LogP contribution in [-0.4, -0.2) is 30.6 Å². The van der Waals surface area contributed by atoms with Crippen molar-refractivity contribution in [3.8, 4) is 0 Å². The number of rotatable bonds is 4. The van der Waals surface area contributed by atoms with Gasteiger partial charge in [0, 0.05) is 25.0 Å². The zero-order valence-corrected chi connectivity index (χ0v) is 16.9. The molecular formula is C24H32N2O. The van der Waals surface area contributed by atoms with Gasteiger partial charge in [-0.05, 0) is 41.9 Å². The van der Waals surface area contributed by atoms with E-state index in [9.17, 15) is 4.79 Å². The van der Waals surface area contributed by atoms with Gasteiger partial charge in [0.25, 0.3) is 0 Å². The summed E-state index contributed by atoms with van der Waals surface area (Å²) in [5, 5.41) is 3.10. The zero-order chi connectivity index (χ0) is 19.3. The number of nitrogens with one attached hydrogen (secondary N) is 1. The normalized spacial score (nSPS) is 20.0. The molecule has 0 aromatic heterocycles. The highest BCUT2D eigenvalue weighted by atomic mass is 16.2. The fraction of sp³-hybridized carbons (Fsp3) is 0.458. The molecule has 0 bridgehead atoms. The first-order valence-corrected chi connectivity index (χ1v) is 10.2. The second-order valence-electron chi connectivity index (χ2n) is 8.39. The van der Waals surface area contributed by atoms with Crippen LogP contribution in [-0.2, 0) is 0 Å². The highest BCUT2D eigenvalue weighted by molar-refractivity contribution is 5.76. The van der Waals surface area contributed by atoms with Crippen LogP contribution in [0.3, 0.4) is 0 Å². The zero-order valence-electron chi connectivity index (χ0n) is 16.9. The lowest BCUT2D eigenvalue weighted by Gasteiger charge is -2.27. The number of carbonyl (C=O) groups is 1. The molecule has 2 amide bonds. The van der Waals surface area contributed by atoms with Gasteiger partial charge in [0.05, 0.1) is 0 Å². The van der Waals surface area contributed by atoms with Gasteiger partial charge in [0.1, 0.15) is 0 Å². The number of hydrogen-bond acceptors (Lipinski definition) is 1. The van der Waals surface area contributed by atoms with Crippen molar-refractivity contribution in [2.75, 3.05) is 19.6 Å². The number of piperidine rings is 1. The van der Waals surface area contributed by atoms with E-state index in [2.05, 4.69) is 80.7 Å². The largest absolute Gasteiger partial charge is 0.337 e. The van der Waals surface area contributed by atoms with Crippen LogP contribution in [0.25, 0.3) is 5.57 Å². The molecule has 144 valence electrons. The average molecular weight is 365 g/mol. The molecule has 0 spiro atoms. The fourth-order valence-corrected chi connectivity index (χ4v) is 3.58. The van der Waals surface area contributed by atoms with Crippen LogP contribution in [0.4, 0.5) is 4.79 Å². The minimum Gasteiger partial charge on any atom is -0.337 e. The molecule has 1 aromatic rings. The standard InChI is InChI=1S/C24H32N2O/c1-19(18-25-23(27)26-16-5-4-6-17-26)20-9-11-22(12-10-20)21-8-7-14-24(2,3)15-13-21/h7-15,19H,4-6,16-18H2,1-3H3,(H,25,27). The molecule has 1 aliphatic heterocycles. The number of likely N-dealkylation sites (tertiary alicyclic amines) is 1. The highest BCUT2D eigenvalue weighted by Crippen LogP contribution is 2.27. The smallest absolute Gasteiger partial charge is 0.317 e. The van der Waals surface area contributed by atoms with Crippen LogP contribution < -0.4 is 5.32 Å². The Labute approximate surface area is 163 Å². The van der Waals surface area contributed by atoms with Crippen LogP contribution in [0, 0.1) is 5.41 Å². The summed E-state index contributed by atoms with van der Waals surface area (Å²) in [6.45, 7) is 9.04. The SMILES string of the molecule is CC(CNC(=O)N1CCCCC1)c1ccc(C2=CC=CC(C)(C)C=C2)cc1. The highest BCUT2D eigenvalue weighted by Gasteiger charge is 2.17. The van der Waals surface area contributed by atoms with Crippen molar-refractivity contribution in [3.05, 3.63) is 65.8 Å². The Morgan fingerprint density at radius 3 is 2.52 bits per heavy atom. The number of allylic oxidation sites excluding steroid dienone is 6. The summed E-state index contributed by atoms with van der Waals surface area (Å²) >= 11 is 0. The lowest BCUT2D eigenvalue weighted by Crippen LogP contribution is -2.43. The maximum atomic E-state index is 12.3. The van der Waals surface area contributed by atoms with Gasteiger partial charge < -0.3 is 10.2 Å². The van der Waals surface area contributed by atoms with E-state index in [1.54, 1.807) is 0 Å². The molecule has 1 aliphatic carbocycles. The first-order valence-electron chi connectivity index (χ1n) is 10.2. The van der Waals surface area contributed by atoms with E-state index in [4.69, 9.17) is 0 Å². The predicted molar refractivity (Wildman–Crippen MR) is 114 cm³/mol. The maximum Gasteiger partial charge on any atom is 0.317 e. The Hall–Kier alpha value is -2.29. The third-order valence-electron chi connectivity index (χ3n) is 5.51.